The summed E-state index contributed by atoms with van der Waals surface area (Å²) in [7, 11) is 3.16. The molecule has 3 aromatic carbocycles. The minimum atomic E-state index is -1.15. The van der Waals surface area contributed by atoms with E-state index in [0.29, 0.717) is 17.1 Å². The fraction of sp³-hybridized carbons (Fsp3) is 0.154. The maximum absolute atomic E-state index is 12.4. The van der Waals surface area contributed by atoms with Crippen LogP contribution in [-0.4, -0.2) is 23.8 Å². The van der Waals surface area contributed by atoms with Crippen molar-refractivity contribution in [2.75, 3.05) is 14.2 Å². The highest BCUT2D eigenvalue weighted by Gasteiger charge is 2.41. The van der Waals surface area contributed by atoms with Crippen molar-refractivity contribution in [2.24, 2.45) is 0 Å². The van der Waals surface area contributed by atoms with Crippen molar-refractivity contribution < 1.29 is 14.2 Å². The van der Waals surface area contributed by atoms with Crippen molar-refractivity contribution in [3.8, 4) is 11.5 Å². The van der Waals surface area contributed by atoms with Crippen molar-refractivity contribution in [3.05, 3.63) is 129 Å². The molecule has 1 aromatic heterocycles. The molecule has 1 N–H and O–H groups in total. The number of rotatable bonds is 8. The average molecular weight is 444 g/mol. The first-order chi connectivity index (χ1) is 16.1. The van der Waals surface area contributed by atoms with Crippen LogP contribution >= 0.6 is 0 Å². The van der Waals surface area contributed by atoms with Crippen molar-refractivity contribution in [1.82, 2.24) is 9.55 Å². The number of aromatic nitrogens is 2. The SMILES string of the molecule is COc1cccc(C(OCn2ccc(=O)[nH]c2=O)(c2ccccc2)c2ccccc2)c1OC. The normalized spacial score (nSPS) is 11.2. The van der Waals surface area contributed by atoms with E-state index in [0.717, 1.165) is 11.1 Å². The number of methoxy groups -OCH3 is 2. The number of benzene rings is 3. The lowest BCUT2D eigenvalue weighted by molar-refractivity contribution is -0.0334. The number of hydrogen-bond acceptors (Lipinski definition) is 5. The number of nitrogens with zero attached hydrogens (tertiary/aromatic N) is 1. The maximum Gasteiger partial charge on any atom is 0.330 e. The van der Waals surface area contributed by atoms with Crippen LogP contribution in [0.15, 0.2) is 101 Å². The third-order valence-electron chi connectivity index (χ3n) is 5.46. The lowest BCUT2D eigenvalue weighted by Gasteiger charge is -2.37. The summed E-state index contributed by atoms with van der Waals surface area (Å²) < 4.78 is 19.3. The predicted octanol–water partition coefficient (Wildman–Crippen LogP) is 3.52. The minimum absolute atomic E-state index is 0.125. The topological polar surface area (TPSA) is 82.5 Å². The van der Waals surface area contributed by atoms with Crippen LogP contribution in [-0.2, 0) is 17.1 Å². The summed E-state index contributed by atoms with van der Waals surface area (Å²) in [6.07, 6.45) is 1.41. The molecule has 7 nitrogen and oxygen atoms in total. The molecular weight excluding hydrogens is 420 g/mol. The molecule has 0 fully saturated rings. The molecule has 0 saturated heterocycles. The van der Waals surface area contributed by atoms with Gasteiger partial charge in [0, 0.05) is 17.8 Å². The van der Waals surface area contributed by atoms with E-state index in [9.17, 15) is 9.59 Å². The van der Waals surface area contributed by atoms with Gasteiger partial charge in [-0.05, 0) is 17.2 Å². The Morgan fingerprint density at radius 2 is 1.42 bits per heavy atom. The van der Waals surface area contributed by atoms with Crippen molar-refractivity contribution in [2.45, 2.75) is 12.3 Å². The molecule has 4 aromatic rings. The lowest BCUT2D eigenvalue weighted by Crippen LogP contribution is -2.37. The van der Waals surface area contributed by atoms with Gasteiger partial charge in [-0.25, -0.2) is 4.79 Å². The van der Waals surface area contributed by atoms with Crippen LogP contribution in [0, 0.1) is 0 Å². The molecule has 0 unspecified atom stereocenters. The first-order valence-corrected chi connectivity index (χ1v) is 10.4. The third kappa shape index (κ3) is 4.18. The second kappa shape index (κ2) is 9.58. The van der Waals surface area contributed by atoms with Gasteiger partial charge in [0.2, 0.25) is 0 Å². The Morgan fingerprint density at radius 1 is 0.788 bits per heavy atom. The van der Waals surface area contributed by atoms with E-state index in [2.05, 4.69) is 4.98 Å². The molecule has 1 heterocycles. The Kier molecular flexibility index (Phi) is 6.42. The van der Waals surface area contributed by atoms with Crippen LogP contribution in [0.4, 0.5) is 0 Å². The largest absolute Gasteiger partial charge is 0.493 e. The van der Waals surface area contributed by atoms with E-state index in [1.54, 1.807) is 14.2 Å². The second-order valence-corrected chi connectivity index (χ2v) is 7.31. The van der Waals surface area contributed by atoms with E-state index in [4.69, 9.17) is 14.2 Å². The highest BCUT2D eigenvalue weighted by atomic mass is 16.5. The summed E-state index contributed by atoms with van der Waals surface area (Å²) in [5.41, 5.74) is 0.190. The van der Waals surface area contributed by atoms with Gasteiger partial charge in [-0.3, -0.25) is 14.3 Å². The minimum Gasteiger partial charge on any atom is -0.493 e. The number of nitrogens with one attached hydrogen (secondary N) is 1. The smallest absolute Gasteiger partial charge is 0.330 e. The monoisotopic (exact) mass is 444 g/mol. The van der Waals surface area contributed by atoms with Gasteiger partial charge in [0.05, 0.1) is 14.2 Å². The highest BCUT2D eigenvalue weighted by Crippen LogP contribution is 2.47. The molecule has 0 bridgehead atoms. The van der Waals surface area contributed by atoms with Gasteiger partial charge in [0.15, 0.2) is 11.5 Å². The van der Waals surface area contributed by atoms with E-state index in [1.807, 2.05) is 78.9 Å². The van der Waals surface area contributed by atoms with Crippen LogP contribution in [0.25, 0.3) is 0 Å². The zero-order valence-electron chi connectivity index (χ0n) is 18.4. The van der Waals surface area contributed by atoms with E-state index < -0.39 is 16.9 Å². The third-order valence-corrected chi connectivity index (χ3v) is 5.46. The Balaban J connectivity index is 2.00. The van der Waals surface area contributed by atoms with Crippen LogP contribution in [0.2, 0.25) is 0 Å². The fourth-order valence-electron chi connectivity index (χ4n) is 3.94. The molecule has 0 aliphatic rings. The predicted molar refractivity (Wildman–Crippen MR) is 125 cm³/mol. The van der Waals surface area contributed by atoms with Crippen molar-refractivity contribution in [1.29, 1.82) is 0 Å². The van der Waals surface area contributed by atoms with Gasteiger partial charge in [0.1, 0.15) is 12.3 Å². The maximum atomic E-state index is 12.4. The van der Waals surface area contributed by atoms with Crippen LogP contribution < -0.4 is 20.7 Å². The summed E-state index contributed by atoms with van der Waals surface area (Å²) >= 11 is 0. The molecule has 0 aliphatic heterocycles. The number of ether oxygens (including phenoxy) is 3. The molecule has 4 rings (SSSR count). The first kappa shape index (κ1) is 22.1. The molecule has 0 amide bonds. The fourth-order valence-corrected chi connectivity index (χ4v) is 3.94. The lowest BCUT2D eigenvalue weighted by atomic mass is 9.79. The van der Waals surface area contributed by atoms with Crippen molar-refractivity contribution >= 4 is 0 Å². The Hall–Kier alpha value is -4.10. The second-order valence-electron chi connectivity index (χ2n) is 7.31. The van der Waals surface area contributed by atoms with Gasteiger partial charge in [-0.15, -0.1) is 0 Å². The highest BCUT2D eigenvalue weighted by molar-refractivity contribution is 5.57. The summed E-state index contributed by atoms with van der Waals surface area (Å²) in [4.78, 5) is 26.2. The molecule has 0 saturated carbocycles. The van der Waals surface area contributed by atoms with Crippen LogP contribution in [0.5, 0.6) is 11.5 Å². The molecular formula is C26H24N2O5. The number of hydrogen-bond donors (Lipinski definition) is 1. The summed E-state index contributed by atoms with van der Waals surface area (Å²) in [5, 5.41) is 0. The average Bonchev–Trinajstić information content (AvgIpc) is 2.86. The summed E-state index contributed by atoms with van der Waals surface area (Å²) in [6, 6.07) is 26.3. The van der Waals surface area contributed by atoms with E-state index >= 15 is 0 Å². The molecule has 0 radical (unpaired) electrons. The van der Waals surface area contributed by atoms with Gasteiger partial charge >= 0.3 is 5.69 Å². The number of para-hydroxylation sites is 1. The van der Waals surface area contributed by atoms with Crippen LogP contribution in [0.3, 0.4) is 0 Å². The molecule has 0 aliphatic carbocycles. The molecule has 0 spiro atoms. The zero-order valence-corrected chi connectivity index (χ0v) is 18.4. The van der Waals surface area contributed by atoms with Crippen molar-refractivity contribution in [3.63, 3.8) is 0 Å². The molecule has 33 heavy (non-hydrogen) atoms. The van der Waals surface area contributed by atoms with Gasteiger partial charge in [-0.1, -0.05) is 72.8 Å². The van der Waals surface area contributed by atoms with Gasteiger partial charge < -0.3 is 14.2 Å². The Bertz CT molecular complexity index is 1290. The Labute approximate surface area is 190 Å². The van der Waals surface area contributed by atoms with Gasteiger partial charge in [0.25, 0.3) is 5.56 Å². The number of aromatic amines is 1. The van der Waals surface area contributed by atoms with E-state index in [-0.39, 0.29) is 6.73 Å². The summed E-state index contributed by atoms with van der Waals surface area (Å²) in [5.74, 6) is 1.07. The van der Waals surface area contributed by atoms with E-state index in [1.165, 1.54) is 16.8 Å². The number of H-pyrrole nitrogens is 1. The molecule has 0 atom stereocenters. The quantitative estimate of drug-likeness (QED) is 0.421. The van der Waals surface area contributed by atoms with Gasteiger partial charge in [-0.2, -0.15) is 0 Å². The standard InChI is InChI=1S/C26H24N2O5/c1-31-22-15-9-14-21(24(22)32-2)26(19-10-5-3-6-11-19,20-12-7-4-8-13-20)33-18-28-17-16-23(29)27-25(28)30/h3-17H,18H2,1-2H3,(H,27,29,30). The Morgan fingerprint density at radius 3 is 1.97 bits per heavy atom. The zero-order chi connectivity index (χ0) is 23.3. The van der Waals surface area contributed by atoms with Crippen LogP contribution in [0.1, 0.15) is 16.7 Å². The first-order valence-electron chi connectivity index (χ1n) is 10.4. The molecule has 7 heteroatoms. The summed E-state index contributed by atoms with van der Waals surface area (Å²) in [6.45, 7) is -0.125. The molecule has 168 valence electrons.